The molecule has 0 aliphatic heterocycles. The molecule has 2 N–H and O–H groups in total. The van der Waals surface area contributed by atoms with E-state index >= 15 is 0 Å². The van der Waals surface area contributed by atoms with Gasteiger partial charge in [-0.15, -0.1) is 0 Å². The lowest BCUT2D eigenvalue weighted by Gasteiger charge is -2.23. The monoisotopic (exact) mass is 253 g/mol. The fourth-order valence-corrected chi connectivity index (χ4v) is 1.45. The van der Waals surface area contributed by atoms with Gasteiger partial charge in [-0.3, -0.25) is 0 Å². The number of pyridine rings is 1. The van der Waals surface area contributed by atoms with Gasteiger partial charge in [0.05, 0.1) is 0 Å². The van der Waals surface area contributed by atoms with Crippen LogP contribution in [0.1, 0.15) is 6.92 Å². The first-order chi connectivity index (χ1) is 7.31. The Balaban J connectivity index is 2.95. The van der Waals surface area contributed by atoms with Crippen LogP contribution < -0.4 is 10.6 Å². The number of nitrogens with two attached hydrogens (primary N) is 1. The maximum atomic E-state index is 12.2. The van der Waals surface area contributed by atoms with Crippen LogP contribution in [0, 0.1) is 0 Å². The van der Waals surface area contributed by atoms with Gasteiger partial charge in [-0.25, -0.2) is 4.98 Å². The number of nitrogens with zero attached hydrogens (tertiary/aromatic N) is 2. The summed E-state index contributed by atoms with van der Waals surface area (Å²) in [4.78, 5) is 4.86. The molecule has 0 saturated carbocycles. The van der Waals surface area contributed by atoms with Crippen molar-refractivity contribution in [1.29, 1.82) is 0 Å². The Kier molecular flexibility index (Phi) is 3.85. The molecule has 0 unspecified atom stereocenters. The highest BCUT2D eigenvalue weighted by atomic mass is 35.5. The summed E-state index contributed by atoms with van der Waals surface area (Å²) in [6.07, 6.45) is -4.28. The quantitative estimate of drug-likeness (QED) is 0.842. The maximum absolute atomic E-state index is 12.2. The van der Waals surface area contributed by atoms with E-state index in [4.69, 9.17) is 17.3 Å². The minimum absolute atomic E-state index is 0.0793. The molecule has 1 rings (SSSR count). The molecule has 90 valence electrons. The molecule has 0 radical (unpaired) electrons. The van der Waals surface area contributed by atoms with Gasteiger partial charge in [-0.05, 0) is 13.0 Å². The van der Waals surface area contributed by atoms with Crippen LogP contribution >= 0.6 is 11.6 Å². The number of aromatic nitrogens is 1. The van der Waals surface area contributed by atoms with E-state index in [1.165, 1.54) is 12.1 Å². The first kappa shape index (κ1) is 12.9. The van der Waals surface area contributed by atoms with E-state index in [2.05, 4.69) is 4.98 Å². The number of alkyl halides is 3. The molecular formula is C9H11ClF3N3. The van der Waals surface area contributed by atoms with Crippen molar-refractivity contribution in [1.82, 2.24) is 4.98 Å². The van der Waals surface area contributed by atoms with Crippen molar-refractivity contribution in [2.45, 2.75) is 13.1 Å². The molecule has 1 aromatic rings. The Morgan fingerprint density at radius 3 is 2.50 bits per heavy atom. The molecule has 0 spiro atoms. The van der Waals surface area contributed by atoms with E-state index in [-0.39, 0.29) is 23.2 Å². The van der Waals surface area contributed by atoms with Crippen LogP contribution in [0.2, 0.25) is 5.15 Å². The number of hydrogen-bond acceptors (Lipinski definition) is 3. The second-order valence-corrected chi connectivity index (χ2v) is 3.60. The van der Waals surface area contributed by atoms with Crippen molar-refractivity contribution in [2.75, 3.05) is 23.7 Å². The predicted octanol–water partition coefficient (Wildman–Crippen LogP) is 2.71. The summed E-state index contributed by atoms with van der Waals surface area (Å²) in [6, 6.07) is 2.74. The number of anilines is 2. The fraction of sp³-hybridized carbons (Fsp3) is 0.444. The van der Waals surface area contributed by atoms with Crippen molar-refractivity contribution in [3.05, 3.63) is 17.3 Å². The minimum atomic E-state index is -4.28. The zero-order valence-electron chi connectivity index (χ0n) is 8.55. The lowest BCUT2D eigenvalue weighted by molar-refractivity contribution is -0.119. The third kappa shape index (κ3) is 3.77. The van der Waals surface area contributed by atoms with Crippen LogP contribution in [-0.2, 0) is 0 Å². The van der Waals surface area contributed by atoms with Crippen LogP contribution in [0.3, 0.4) is 0 Å². The largest absolute Gasteiger partial charge is 0.405 e. The molecule has 0 fully saturated rings. The molecule has 0 saturated heterocycles. The summed E-state index contributed by atoms with van der Waals surface area (Å²) < 4.78 is 36.7. The van der Waals surface area contributed by atoms with Crippen LogP contribution in [0.5, 0.6) is 0 Å². The van der Waals surface area contributed by atoms with Crippen molar-refractivity contribution >= 4 is 23.1 Å². The lowest BCUT2D eigenvalue weighted by atomic mass is 10.3. The summed E-state index contributed by atoms with van der Waals surface area (Å²) in [6.45, 7) is 0.701. The average Bonchev–Trinajstić information content (AvgIpc) is 2.11. The van der Waals surface area contributed by atoms with Gasteiger partial charge in [0.25, 0.3) is 0 Å². The van der Waals surface area contributed by atoms with Gasteiger partial charge >= 0.3 is 6.18 Å². The first-order valence-electron chi connectivity index (χ1n) is 4.56. The predicted molar refractivity (Wildman–Crippen MR) is 57.6 cm³/mol. The lowest BCUT2D eigenvalue weighted by Crippen LogP contribution is -2.34. The zero-order chi connectivity index (χ0) is 12.3. The topological polar surface area (TPSA) is 42.1 Å². The van der Waals surface area contributed by atoms with Crippen LogP contribution in [-0.4, -0.2) is 24.2 Å². The Morgan fingerprint density at radius 2 is 2.06 bits per heavy atom. The Bertz CT molecular complexity index is 347. The Hall–Kier alpha value is -1.17. The van der Waals surface area contributed by atoms with Gasteiger partial charge in [0.15, 0.2) is 0 Å². The second kappa shape index (κ2) is 4.78. The third-order valence-electron chi connectivity index (χ3n) is 1.88. The molecule has 0 aliphatic carbocycles. The summed E-state index contributed by atoms with van der Waals surface area (Å²) in [5.74, 6) is 0.129. The highest BCUT2D eigenvalue weighted by Crippen LogP contribution is 2.23. The van der Waals surface area contributed by atoms with Gasteiger partial charge in [-0.1, -0.05) is 11.6 Å². The maximum Gasteiger partial charge on any atom is 0.405 e. The van der Waals surface area contributed by atoms with Gasteiger partial charge in [0, 0.05) is 18.3 Å². The molecule has 0 aromatic carbocycles. The summed E-state index contributed by atoms with van der Waals surface area (Å²) in [7, 11) is 0. The van der Waals surface area contributed by atoms with Crippen LogP contribution in [0.4, 0.5) is 24.7 Å². The second-order valence-electron chi connectivity index (χ2n) is 3.21. The van der Waals surface area contributed by atoms with E-state index < -0.39 is 12.7 Å². The number of hydrogen-bond donors (Lipinski definition) is 1. The molecule has 0 atom stereocenters. The Morgan fingerprint density at radius 1 is 1.44 bits per heavy atom. The standard InChI is InChI=1S/C9H11ClF3N3/c1-2-16(5-9(11,12)13)8-4-6(14)3-7(10)15-8/h3-4H,2,5H2,1H3,(H2,14,15). The smallest absolute Gasteiger partial charge is 0.399 e. The van der Waals surface area contributed by atoms with E-state index in [0.717, 1.165) is 4.90 Å². The molecule has 0 bridgehead atoms. The molecular weight excluding hydrogens is 243 g/mol. The number of halogens is 4. The van der Waals surface area contributed by atoms with Crippen molar-refractivity contribution in [3.63, 3.8) is 0 Å². The molecule has 1 heterocycles. The van der Waals surface area contributed by atoms with Crippen LogP contribution in [0.15, 0.2) is 12.1 Å². The van der Waals surface area contributed by atoms with Gasteiger partial charge < -0.3 is 10.6 Å². The number of nitrogen functional groups attached to an aromatic ring is 1. The Labute approximate surface area is 96.0 Å². The highest BCUT2D eigenvalue weighted by molar-refractivity contribution is 6.29. The number of rotatable bonds is 3. The van der Waals surface area contributed by atoms with E-state index in [1.807, 2.05) is 0 Å². The van der Waals surface area contributed by atoms with E-state index in [1.54, 1.807) is 6.92 Å². The molecule has 7 heteroatoms. The highest BCUT2D eigenvalue weighted by Gasteiger charge is 2.30. The molecule has 16 heavy (non-hydrogen) atoms. The van der Waals surface area contributed by atoms with E-state index in [9.17, 15) is 13.2 Å². The summed E-state index contributed by atoms with van der Waals surface area (Å²) in [5.41, 5.74) is 5.77. The molecule has 0 amide bonds. The SMILES string of the molecule is CCN(CC(F)(F)F)c1cc(N)cc(Cl)n1. The molecule has 1 aromatic heterocycles. The summed E-state index contributed by atoms with van der Waals surface area (Å²) >= 11 is 5.62. The summed E-state index contributed by atoms with van der Waals surface area (Å²) in [5, 5.41) is 0.0793. The van der Waals surface area contributed by atoms with Gasteiger partial charge in [-0.2, -0.15) is 13.2 Å². The third-order valence-corrected chi connectivity index (χ3v) is 2.07. The van der Waals surface area contributed by atoms with Gasteiger partial charge in [0.2, 0.25) is 0 Å². The van der Waals surface area contributed by atoms with Gasteiger partial charge in [0.1, 0.15) is 17.5 Å². The first-order valence-corrected chi connectivity index (χ1v) is 4.94. The van der Waals surface area contributed by atoms with Crippen molar-refractivity contribution in [3.8, 4) is 0 Å². The minimum Gasteiger partial charge on any atom is -0.399 e. The van der Waals surface area contributed by atoms with Crippen LogP contribution in [0.25, 0.3) is 0 Å². The fourth-order valence-electron chi connectivity index (χ4n) is 1.24. The van der Waals surface area contributed by atoms with Crippen molar-refractivity contribution < 1.29 is 13.2 Å². The van der Waals surface area contributed by atoms with Crippen molar-refractivity contribution in [2.24, 2.45) is 0 Å². The zero-order valence-corrected chi connectivity index (χ0v) is 9.31. The molecule has 0 aliphatic rings. The normalized spacial score (nSPS) is 11.6. The van der Waals surface area contributed by atoms with E-state index in [0.29, 0.717) is 0 Å². The molecule has 3 nitrogen and oxygen atoms in total. The average molecular weight is 254 g/mol.